The molecule has 4 nitrogen and oxygen atoms in total. The van der Waals surface area contributed by atoms with E-state index in [0.29, 0.717) is 0 Å². The van der Waals surface area contributed by atoms with E-state index in [2.05, 4.69) is 0 Å². The second-order valence-corrected chi connectivity index (χ2v) is 7.41. The van der Waals surface area contributed by atoms with Gasteiger partial charge in [-0.1, -0.05) is 26.0 Å². The van der Waals surface area contributed by atoms with Crippen molar-refractivity contribution in [2.45, 2.75) is 43.1 Å². The molecule has 2 N–H and O–H groups in total. The number of benzene rings is 1. The average Bonchev–Trinajstić information content (AvgIpc) is 2.43. The number of sulfonamides is 1. The van der Waals surface area contributed by atoms with Gasteiger partial charge in [-0.3, -0.25) is 0 Å². The highest BCUT2D eigenvalue weighted by Crippen LogP contribution is 2.41. The fourth-order valence-electron chi connectivity index (χ4n) is 2.15. The Balaban J connectivity index is 3.17. The molecule has 0 amide bonds. The van der Waals surface area contributed by atoms with Crippen molar-refractivity contribution in [3.8, 4) is 0 Å². The summed E-state index contributed by atoms with van der Waals surface area (Å²) >= 11 is 0. The molecule has 11 heteroatoms. The van der Waals surface area contributed by atoms with Gasteiger partial charge in [0.15, 0.2) is 5.92 Å². The summed E-state index contributed by atoms with van der Waals surface area (Å²) < 4.78 is 102. The van der Waals surface area contributed by atoms with Crippen molar-refractivity contribution in [2.24, 2.45) is 5.92 Å². The van der Waals surface area contributed by atoms with Gasteiger partial charge >= 0.3 is 12.4 Å². The number of hydrogen-bond acceptors (Lipinski definition) is 3. The van der Waals surface area contributed by atoms with Crippen LogP contribution in [-0.2, 0) is 10.0 Å². The predicted octanol–water partition coefficient (Wildman–Crippen LogP) is 3.19. The topological polar surface area (TPSA) is 66.4 Å². The lowest BCUT2D eigenvalue weighted by Crippen LogP contribution is -2.54. The average molecular weight is 393 g/mol. The predicted molar refractivity (Wildman–Crippen MR) is 77.3 cm³/mol. The third kappa shape index (κ3) is 5.58. The molecule has 0 aliphatic heterocycles. The van der Waals surface area contributed by atoms with E-state index in [4.69, 9.17) is 5.11 Å². The Morgan fingerprint density at radius 3 is 1.76 bits per heavy atom. The maximum atomic E-state index is 12.7. The van der Waals surface area contributed by atoms with Gasteiger partial charge in [0.2, 0.25) is 10.0 Å². The van der Waals surface area contributed by atoms with Gasteiger partial charge in [-0.2, -0.15) is 26.3 Å². The molecule has 144 valence electrons. The van der Waals surface area contributed by atoms with E-state index in [0.717, 1.165) is 17.7 Å². The zero-order valence-electron chi connectivity index (χ0n) is 13.2. The van der Waals surface area contributed by atoms with Crippen molar-refractivity contribution < 1.29 is 39.9 Å². The first-order valence-electron chi connectivity index (χ1n) is 7.06. The molecule has 1 aromatic carbocycles. The zero-order chi connectivity index (χ0) is 19.6. The van der Waals surface area contributed by atoms with Crippen LogP contribution in [0.25, 0.3) is 0 Å². The van der Waals surface area contributed by atoms with E-state index in [-0.39, 0.29) is 5.92 Å². The first kappa shape index (κ1) is 21.7. The number of halogens is 6. The molecule has 0 heterocycles. The van der Waals surface area contributed by atoms with Gasteiger partial charge in [0, 0.05) is 0 Å². The quantitative estimate of drug-likeness (QED) is 0.730. The Kier molecular flexibility index (Phi) is 6.52. The van der Waals surface area contributed by atoms with Crippen LogP contribution in [0.4, 0.5) is 26.3 Å². The number of alkyl halides is 6. The van der Waals surface area contributed by atoms with E-state index >= 15 is 0 Å². The summed E-state index contributed by atoms with van der Waals surface area (Å²) in [7, 11) is -4.69. The van der Waals surface area contributed by atoms with Crippen molar-refractivity contribution in [3.05, 3.63) is 29.8 Å². The molecule has 0 aliphatic carbocycles. The van der Waals surface area contributed by atoms with Crippen LogP contribution >= 0.6 is 0 Å². The van der Waals surface area contributed by atoms with E-state index in [1.807, 2.05) is 13.8 Å². The number of hydrogen-bond donors (Lipinski definition) is 2. The fourth-order valence-corrected chi connectivity index (χ4v) is 3.39. The van der Waals surface area contributed by atoms with Crippen LogP contribution in [0.3, 0.4) is 0 Å². The molecular weight excluding hydrogens is 376 g/mol. The molecule has 1 atom stereocenters. The summed E-state index contributed by atoms with van der Waals surface area (Å²) in [5.74, 6) is -3.98. The number of rotatable bonds is 6. The highest BCUT2D eigenvalue weighted by atomic mass is 32.2. The second-order valence-electron chi connectivity index (χ2n) is 5.69. The summed E-state index contributed by atoms with van der Waals surface area (Å²) in [5, 5.41) is 8.92. The highest BCUT2D eigenvalue weighted by molar-refractivity contribution is 7.89. The Bertz CT molecular complexity index is 653. The van der Waals surface area contributed by atoms with Crippen LogP contribution < -0.4 is 4.72 Å². The third-order valence-electron chi connectivity index (χ3n) is 3.47. The van der Waals surface area contributed by atoms with Crippen molar-refractivity contribution >= 4 is 10.0 Å². The molecule has 1 rings (SSSR count). The van der Waals surface area contributed by atoms with Gasteiger partial charge in [0.05, 0.1) is 17.5 Å². The Morgan fingerprint density at radius 1 is 1.00 bits per heavy atom. The minimum absolute atomic E-state index is 0.0507. The van der Waals surface area contributed by atoms with Gasteiger partial charge in [0.25, 0.3) is 0 Å². The highest BCUT2D eigenvalue weighted by Gasteiger charge is 2.60. The Hall–Kier alpha value is -1.33. The van der Waals surface area contributed by atoms with Crippen LogP contribution in [0.5, 0.6) is 0 Å². The fraction of sp³-hybridized carbons (Fsp3) is 0.571. The number of nitrogens with one attached hydrogen (secondary N) is 1. The SMILES string of the molecule is CC(C)c1ccc(S(=O)(=O)NC(CO)C(C(F)(F)F)C(F)(F)F)cc1. The zero-order valence-corrected chi connectivity index (χ0v) is 14.0. The second kappa shape index (κ2) is 7.50. The summed E-state index contributed by atoms with van der Waals surface area (Å²) in [6, 6.07) is 2.15. The van der Waals surface area contributed by atoms with Gasteiger partial charge in [0.1, 0.15) is 0 Å². The van der Waals surface area contributed by atoms with Crippen LogP contribution in [0.15, 0.2) is 29.2 Å². The van der Waals surface area contributed by atoms with E-state index in [1.54, 1.807) is 0 Å². The molecule has 0 radical (unpaired) electrons. The van der Waals surface area contributed by atoms with E-state index in [1.165, 1.54) is 16.9 Å². The lowest BCUT2D eigenvalue weighted by molar-refractivity contribution is -0.292. The Morgan fingerprint density at radius 2 is 1.44 bits per heavy atom. The molecular formula is C14H17F6NO3S. The largest absolute Gasteiger partial charge is 0.402 e. The summed E-state index contributed by atoms with van der Waals surface area (Å²) in [6.45, 7) is 1.97. The summed E-state index contributed by atoms with van der Waals surface area (Å²) in [5.41, 5.74) is 0.737. The first-order valence-corrected chi connectivity index (χ1v) is 8.55. The maximum absolute atomic E-state index is 12.7. The molecule has 25 heavy (non-hydrogen) atoms. The van der Waals surface area contributed by atoms with Crippen LogP contribution in [0.1, 0.15) is 25.3 Å². The molecule has 1 unspecified atom stereocenters. The molecule has 0 bridgehead atoms. The Labute approximate surface area is 140 Å². The normalized spacial score (nSPS) is 15.0. The molecule has 0 aromatic heterocycles. The van der Waals surface area contributed by atoms with Gasteiger partial charge in [-0.25, -0.2) is 13.1 Å². The van der Waals surface area contributed by atoms with Crippen molar-refractivity contribution in [2.75, 3.05) is 6.61 Å². The minimum atomic E-state index is -5.78. The molecule has 0 spiro atoms. The maximum Gasteiger partial charge on any atom is 0.402 e. The van der Waals surface area contributed by atoms with E-state index < -0.39 is 45.8 Å². The number of aliphatic hydroxyl groups excluding tert-OH is 1. The van der Waals surface area contributed by atoms with Crippen molar-refractivity contribution in [3.63, 3.8) is 0 Å². The monoisotopic (exact) mass is 393 g/mol. The lowest BCUT2D eigenvalue weighted by atomic mass is 10.00. The summed E-state index contributed by atoms with van der Waals surface area (Å²) in [4.78, 5) is -0.501. The molecule has 0 fully saturated rings. The third-order valence-corrected chi connectivity index (χ3v) is 4.97. The van der Waals surface area contributed by atoms with Crippen LogP contribution in [0, 0.1) is 5.92 Å². The van der Waals surface area contributed by atoms with Crippen LogP contribution in [0.2, 0.25) is 0 Å². The molecule has 0 saturated carbocycles. The van der Waals surface area contributed by atoms with Gasteiger partial charge in [-0.05, 0) is 23.6 Å². The van der Waals surface area contributed by atoms with Crippen molar-refractivity contribution in [1.82, 2.24) is 4.72 Å². The first-order chi connectivity index (χ1) is 11.2. The summed E-state index contributed by atoms with van der Waals surface area (Å²) in [6.07, 6.45) is -11.6. The van der Waals surface area contributed by atoms with Crippen LogP contribution in [-0.4, -0.2) is 38.5 Å². The van der Waals surface area contributed by atoms with Gasteiger partial charge in [-0.15, -0.1) is 0 Å². The molecule has 0 saturated heterocycles. The molecule has 1 aromatic rings. The van der Waals surface area contributed by atoms with Gasteiger partial charge < -0.3 is 5.11 Å². The minimum Gasteiger partial charge on any atom is -0.395 e. The number of aliphatic hydroxyl groups is 1. The smallest absolute Gasteiger partial charge is 0.395 e. The molecule has 0 aliphatic rings. The standard InChI is InChI=1S/C14H17F6NO3S/c1-8(2)9-3-5-10(6-4-9)25(23,24)21-11(7-22)12(13(15,16)17)14(18,19)20/h3-6,8,11-12,21-22H,7H2,1-2H3. The van der Waals surface area contributed by atoms with E-state index in [9.17, 15) is 34.8 Å². The lowest BCUT2D eigenvalue weighted by Gasteiger charge is -2.29. The van der Waals surface area contributed by atoms with Crippen molar-refractivity contribution in [1.29, 1.82) is 0 Å².